The van der Waals surface area contributed by atoms with Gasteiger partial charge in [-0.2, -0.15) is 5.10 Å². The molecule has 1 amide bonds. The number of nitrogens with two attached hydrogens (primary N) is 2. The van der Waals surface area contributed by atoms with Crippen LogP contribution in [0.3, 0.4) is 0 Å². The Kier molecular flexibility index (Phi) is 5.33. The van der Waals surface area contributed by atoms with Crippen LogP contribution in [-0.2, 0) is 10.2 Å². The van der Waals surface area contributed by atoms with Gasteiger partial charge in [0, 0.05) is 13.1 Å². The van der Waals surface area contributed by atoms with E-state index in [0.29, 0.717) is 31.8 Å². The first-order valence-corrected chi connectivity index (χ1v) is 8.11. The Hall–Kier alpha value is -2.28. The van der Waals surface area contributed by atoms with E-state index in [1.54, 1.807) is 4.90 Å². The Bertz CT molecular complexity index is 587. The largest absolute Gasteiger partial charge is 0.444 e. The summed E-state index contributed by atoms with van der Waals surface area (Å²) in [6.07, 6.45) is 1.03. The van der Waals surface area contributed by atoms with Crippen molar-refractivity contribution in [2.24, 2.45) is 16.8 Å². The fraction of sp³-hybridized carbons (Fsp3) is 0.529. The highest BCUT2D eigenvalue weighted by molar-refractivity contribution is 5.93. The molecule has 0 radical (unpaired) electrons. The summed E-state index contributed by atoms with van der Waals surface area (Å²) in [7, 11) is 0. The lowest BCUT2D eigenvalue weighted by Crippen LogP contribution is -2.55. The van der Waals surface area contributed by atoms with Crippen LogP contribution < -0.4 is 17.1 Å². The van der Waals surface area contributed by atoms with Crippen LogP contribution in [0.1, 0.15) is 39.2 Å². The highest BCUT2D eigenvalue weighted by Gasteiger charge is 2.42. The molecule has 7 heteroatoms. The zero-order chi connectivity index (χ0) is 17.8. The zero-order valence-corrected chi connectivity index (χ0v) is 14.6. The number of carbonyl (C=O) groups excluding carboxylic acids is 1. The predicted molar refractivity (Wildman–Crippen MR) is 94.1 cm³/mol. The molecule has 2 rings (SSSR count). The summed E-state index contributed by atoms with van der Waals surface area (Å²) in [5, 5.41) is 3.85. The highest BCUT2D eigenvalue weighted by Crippen LogP contribution is 2.36. The van der Waals surface area contributed by atoms with Crippen molar-refractivity contribution in [2.75, 3.05) is 13.1 Å². The highest BCUT2D eigenvalue weighted by atomic mass is 16.6. The first kappa shape index (κ1) is 18.1. The maximum absolute atomic E-state index is 12.3. The van der Waals surface area contributed by atoms with Crippen LogP contribution in [0.2, 0.25) is 0 Å². The van der Waals surface area contributed by atoms with Gasteiger partial charge in [0.05, 0.1) is 5.41 Å². The number of hydrogen-bond acceptors (Lipinski definition) is 5. The van der Waals surface area contributed by atoms with Crippen molar-refractivity contribution < 1.29 is 9.53 Å². The van der Waals surface area contributed by atoms with Gasteiger partial charge < -0.3 is 20.9 Å². The van der Waals surface area contributed by atoms with Gasteiger partial charge in [-0.3, -0.25) is 0 Å². The van der Waals surface area contributed by atoms with Crippen LogP contribution in [0.5, 0.6) is 0 Å². The quantitative estimate of drug-likeness (QED) is 0.330. The number of nitrogens with zero attached hydrogens (tertiary/aromatic N) is 2. The summed E-state index contributed by atoms with van der Waals surface area (Å²) in [4.78, 5) is 14.0. The smallest absolute Gasteiger partial charge is 0.410 e. The summed E-state index contributed by atoms with van der Waals surface area (Å²) in [5.74, 6) is 11.7. The second-order valence-corrected chi connectivity index (χ2v) is 7.04. The Balaban J connectivity index is 2.21. The van der Waals surface area contributed by atoms with Gasteiger partial charge in [-0.25, -0.2) is 10.6 Å². The van der Waals surface area contributed by atoms with E-state index in [1.807, 2.05) is 51.1 Å². The number of hydrogen-bond donors (Lipinski definition) is 3. The summed E-state index contributed by atoms with van der Waals surface area (Å²) in [5.41, 5.74) is 2.78. The SMILES string of the molecule is CC(C)(C)OC(=O)N1CCC(/C(=N/N)NN)(c2ccccc2)CC1. The second kappa shape index (κ2) is 7.09. The lowest BCUT2D eigenvalue weighted by atomic mass is 9.71. The Morgan fingerprint density at radius 2 is 1.83 bits per heavy atom. The molecule has 0 spiro atoms. The van der Waals surface area contributed by atoms with E-state index in [-0.39, 0.29) is 6.09 Å². The number of nitrogens with one attached hydrogen (secondary N) is 1. The van der Waals surface area contributed by atoms with E-state index >= 15 is 0 Å². The number of ether oxygens (including phenoxy) is 1. The molecule has 1 aromatic carbocycles. The molecule has 5 N–H and O–H groups in total. The first-order valence-electron chi connectivity index (χ1n) is 8.11. The fourth-order valence-electron chi connectivity index (χ4n) is 3.12. The zero-order valence-electron chi connectivity index (χ0n) is 14.6. The Labute approximate surface area is 143 Å². The van der Waals surface area contributed by atoms with Crippen LogP contribution in [0.4, 0.5) is 4.79 Å². The average molecular weight is 333 g/mol. The molecule has 1 aliphatic heterocycles. The number of amides is 1. The maximum Gasteiger partial charge on any atom is 0.410 e. The number of carbonyl (C=O) groups is 1. The third-order valence-electron chi connectivity index (χ3n) is 4.31. The molecule has 0 bridgehead atoms. The molecule has 0 unspecified atom stereocenters. The molecule has 24 heavy (non-hydrogen) atoms. The van der Waals surface area contributed by atoms with Crippen LogP contribution in [0.25, 0.3) is 0 Å². The lowest BCUT2D eigenvalue weighted by molar-refractivity contribution is 0.0188. The van der Waals surface area contributed by atoms with Gasteiger partial charge in [-0.1, -0.05) is 30.3 Å². The minimum Gasteiger partial charge on any atom is -0.444 e. The van der Waals surface area contributed by atoms with Crippen molar-refractivity contribution in [3.05, 3.63) is 35.9 Å². The van der Waals surface area contributed by atoms with Crippen LogP contribution >= 0.6 is 0 Å². The third-order valence-corrected chi connectivity index (χ3v) is 4.31. The van der Waals surface area contributed by atoms with Gasteiger partial charge in [-0.05, 0) is 39.2 Å². The molecule has 0 saturated carbocycles. The molecule has 1 heterocycles. The fourth-order valence-corrected chi connectivity index (χ4v) is 3.12. The van der Waals surface area contributed by atoms with E-state index in [9.17, 15) is 4.79 Å². The number of amidine groups is 1. The van der Waals surface area contributed by atoms with Crippen molar-refractivity contribution >= 4 is 11.9 Å². The number of hydrazone groups is 1. The molecule has 0 aliphatic carbocycles. The minimum atomic E-state index is -0.506. The summed E-state index contributed by atoms with van der Waals surface area (Å²) in [6.45, 7) is 6.68. The standard InChI is InChI=1S/C17H27N5O2/c1-16(2,3)24-15(23)22-11-9-17(10-12-22,14(20-18)21-19)13-7-5-4-6-8-13/h4-8H,9-12,18-19H2,1-3H3,(H,20,21). The summed E-state index contributed by atoms with van der Waals surface area (Å²) >= 11 is 0. The summed E-state index contributed by atoms with van der Waals surface area (Å²) in [6, 6.07) is 9.98. The molecule has 1 fully saturated rings. The Morgan fingerprint density at radius 1 is 1.25 bits per heavy atom. The van der Waals surface area contributed by atoms with Gasteiger partial charge in [-0.15, -0.1) is 0 Å². The topological polar surface area (TPSA) is 106 Å². The van der Waals surface area contributed by atoms with Crippen LogP contribution in [0, 0.1) is 0 Å². The molecule has 1 aliphatic rings. The first-order chi connectivity index (χ1) is 11.3. The van der Waals surface area contributed by atoms with Crippen molar-refractivity contribution in [1.82, 2.24) is 10.3 Å². The predicted octanol–water partition coefficient (Wildman–Crippen LogP) is 1.69. The van der Waals surface area contributed by atoms with Gasteiger partial charge in [0.25, 0.3) is 0 Å². The third kappa shape index (κ3) is 3.79. The van der Waals surface area contributed by atoms with Crippen LogP contribution in [-0.4, -0.2) is 35.5 Å². The molecule has 0 aromatic heterocycles. The number of likely N-dealkylation sites (tertiary alicyclic amines) is 1. The monoisotopic (exact) mass is 333 g/mol. The van der Waals surface area contributed by atoms with Crippen LogP contribution in [0.15, 0.2) is 35.4 Å². The molecular formula is C17H27N5O2. The molecule has 0 atom stereocenters. The van der Waals surface area contributed by atoms with E-state index in [2.05, 4.69) is 10.5 Å². The normalized spacial score (nSPS) is 18.2. The molecule has 1 aromatic rings. The average Bonchev–Trinajstić information content (AvgIpc) is 2.55. The van der Waals surface area contributed by atoms with Gasteiger partial charge in [0.15, 0.2) is 0 Å². The van der Waals surface area contributed by atoms with Gasteiger partial charge >= 0.3 is 6.09 Å². The van der Waals surface area contributed by atoms with E-state index < -0.39 is 11.0 Å². The van der Waals surface area contributed by atoms with Crippen molar-refractivity contribution in [2.45, 2.75) is 44.6 Å². The van der Waals surface area contributed by atoms with Crippen molar-refractivity contribution in [3.8, 4) is 0 Å². The van der Waals surface area contributed by atoms with Gasteiger partial charge in [0.1, 0.15) is 11.4 Å². The maximum atomic E-state index is 12.3. The number of piperidine rings is 1. The molecular weight excluding hydrogens is 306 g/mol. The molecule has 132 valence electrons. The molecule has 7 nitrogen and oxygen atoms in total. The van der Waals surface area contributed by atoms with E-state index in [4.69, 9.17) is 16.4 Å². The van der Waals surface area contributed by atoms with Crippen molar-refractivity contribution in [1.29, 1.82) is 0 Å². The van der Waals surface area contributed by atoms with E-state index in [1.165, 1.54) is 0 Å². The van der Waals surface area contributed by atoms with Gasteiger partial charge in [0.2, 0.25) is 0 Å². The van der Waals surface area contributed by atoms with Crippen molar-refractivity contribution in [3.63, 3.8) is 0 Å². The molecule has 1 saturated heterocycles. The minimum absolute atomic E-state index is 0.295. The number of rotatable bonds is 2. The number of benzene rings is 1. The second-order valence-electron chi connectivity index (χ2n) is 7.04. The summed E-state index contributed by atoms with van der Waals surface area (Å²) < 4.78 is 5.46. The lowest BCUT2D eigenvalue weighted by Gasteiger charge is -2.42. The number of hydrazine groups is 1. The van der Waals surface area contributed by atoms with E-state index in [0.717, 1.165) is 5.56 Å². The Morgan fingerprint density at radius 3 is 2.29 bits per heavy atom.